The molecule has 1 amide bonds. The second kappa shape index (κ2) is 9.91. The Bertz CT molecular complexity index is 1550. The third-order valence-electron chi connectivity index (χ3n) is 6.09. The molecule has 0 radical (unpaired) electrons. The van der Waals surface area contributed by atoms with Crippen LogP contribution in [-0.2, 0) is 9.59 Å². The van der Waals surface area contributed by atoms with E-state index in [4.69, 9.17) is 9.47 Å². The summed E-state index contributed by atoms with van der Waals surface area (Å²) in [6.45, 7) is 5.96. The minimum atomic E-state index is -0.906. The summed E-state index contributed by atoms with van der Waals surface area (Å²) in [7, 11) is 1.54. The number of hydrogen-bond acceptors (Lipinski definition) is 7. The van der Waals surface area contributed by atoms with Gasteiger partial charge in [-0.2, -0.15) is 0 Å². The summed E-state index contributed by atoms with van der Waals surface area (Å²) in [6.07, 6.45) is 1.63. The summed E-state index contributed by atoms with van der Waals surface area (Å²) in [5.74, 6) is -0.667. The van der Waals surface area contributed by atoms with Gasteiger partial charge in [0, 0.05) is 5.56 Å². The Morgan fingerprint density at radius 2 is 1.89 bits per heavy atom. The number of benzene rings is 3. The largest absolute Gasteiger partial charge is 0.507 e. The van der Waals surface area contributed by atoms with E-state index in [0.29, 0.717) is 34.4 Å². The van der Waals surface area contributed by atoms with Gasteiger partial charge in [-0.1, -0.05) is 42.2 Å². The minimum absolute atomic E-state index is 0.0218. The van der Waals surface area contributed by atoms with Crippen molar-refractivity contribution in [2.45, 2.75) is 13.0 Å². The van der Waals surface area contributed by atoms with Crippen LogP contribution in [0.4, 0.5) is 5.13 Å². The monoisotopic (exact) mass is 512 g/mol. The maximum atomic E-state index is 13.5. The summed E-state index contributed by atoms with van der Waals surface area (Å²) < 4.78 is 11.8. The number of Topliss-reactive ketones (excluding diaryl/α,β-unsaturated/α-hetero) is 1. The second-order valence-electron chi connectivity index (χ2n) is 8.54. The molecule has 0 bridgehead atoms. The fourth-order valence-corrected chi connectivity index (χ4v) is 5.39. The van der Waals surface area contributed by atoms with E-state index in [9.17, 15) is 14.7 Å². The van der Waals surface area contributed by atoms with Crippen molar-refractivity contribution in [3.63, 3.8) is 0 Å². The maximum absolute atomic E-state index is 13.5. The summed E-state index contributed by atoms with van der Waals surface area (Å²) in [4.78, 5) is 32.9. The van der Waals surface area contributed by atoms with Crippen LogP contribution in [0.5, 0.6) is 11.5 Å². The summed E-state index contributed by atoms with van der Waals surface area (Å²) in [5.41, 5.74) is 2.76. The molecule has 2 heterocycles. The number of methoxy groups -OCH3 is 1. The van der Waals surface area contributed by atoms with E-state index in [1.54, 1.807) is 61.7 Å². The molecule has 4 aromatic rings. The standard InChI is InChI=1S/C29H24N2O5S/c1-4-14-36-21-7-5-6-19(16-21)25-24(26(32)18-9-11-20(35-3)12-10-18)27(33)28(34)31(25)29-30-22-13-8-17(2)15-23(22)37-29/h4-13,15-16,25,32H,1,14H2,2-3H3/t25-/m0/s1. The maximum Gasteiger partial charge on any atom is 0.301 e. The number of nitrogens with zero attached hydrogens (tertiary/aromatic N) is 2. The number of carbonyl (C=O) groups excluding carboxylic acids is 2. The van der Waals surface area contributed by atoms with Crippen LogP contribution in [0, 0.1) is 6.92 Å². The Hall–Kier alpha value is -4.43. The molecule has 0 spiro atoms. The van der Waals surface area contributed by atoms with Crippen molar-refractivity contribution in [3.8, 4) is 11.5 Å². The van der Waals surface area contributed by atoms with Crippen LogP contribution in [-0.4, -0.2) is 35.5 Å². The number of thiazole rings is 1. The molecular weight excluding hydrogens is 488 g/mol. The van der Waals surface area contributed by atoms with Crippen molar-refractivity contribution in [2.75, 3.05) is 18.6 Å². The van der Waals surface area contributed by atoms with Crippen LogP contribution in [0.15, 0.2) is 85.0 Å². The third-order valence-corrected chi connectivity index (χ3v) is 7.11. The van der Waals surface area contributed by atoms with Crippen molar-refractivity contribution in [3.05, 3.63) is 102 Å². The second-order valence-corrected chi connectivity index (χ2v) is 9.55. The predicted molar refractivity (Wildman–Crippen MR) is 144 cm³/mol. The van der Waals surface area contributed by atoms with Crippen LogP contribution >= 0.6 is 11.3 Å². The molecule has 37 heavy (non-hydrogen) atoms. The van der Waals surface area contributed by atoms with Gasteiger partial charge < -0.3 is 14.6 Å². The van der Waals surface area contributed by atoms with Gasteiger partial charge in [-0.3, -0.25) is 14.5 Å². The van der Waals surface area contributed by atoms with Crippen molar-refractivity contribution < 1.29 is 24.2 Å². The molecule has 1 aromatic heterocycles. The average Bonchev–Trinajstić information content (AvgIpc) is 3.44. The van der Waals surface area contributed by atoms with E-state index in [-0.39, 0.29) is 11.3 Å². The average molecular weight is 513 g/mol. The van der Waals surface area contributed by atoms with Crippen LogP contribution < -0.4 is 14.4 Å². The van der Waals surface area contributed by atoms with Gasteiger partial charge in [-0.05, 0) is 66.6 Å². The fraction of sp³-hybridized carbons (Fsp3) is 0.138. The first kappa shape index (κ1) is 24.3. The molecule has 1 aliphatic rings. The highest BCUT2D eigenvalue weighted by atomic mass is 32.1. The van der Waals surface area contributed by atoms with Crippen LogP contribution in [0.1, 0.15) is 22.7 Å². The van der Waals surface area contributed by atoms with E-state index in [1.807, 2.05) is 25.1 Å². The number of ether oxygens (including phenoxy) is 2. The Morgan fingerprint density at radius 1 is 1.11 bits per heavy atom. The molecule has 1 fully saturated rings. The van der Waals surface area contributed by atoms with Gasteiger partial charge in [0.15, 0.2) is 5.13 Å². The molecule has 1 N–H and O–H groups in total. The lowest BCUT2D eigenvalue weighted by atomic mass is 9.95. The van der Waals surface area contributed by atoms with E-state index < -0.39 is 17.7 Å². The lowest BCUT2D eigenvalue weighted by molar-refractivity contribution is -0.132. The zero-order valence-electron chi connectivity index (χ0n) is 20.3. The van der Waals surface area contributed by atoms with Crippen molar-refractivity contribution in [1.82, 2.24) is 4.98 Å². The highest BCUT2D eigenvalue weighted by molar-refractivity contribution is 7.22. The van der Waals surface area contributed by atoms with Gasteiger partial charge in [-0.25, -0.2) is 4.98 Å². The zero-order valence-corrected chi connectivity index (χ0v) is 21.1. The number of fused-ring (bicyclic) bond motifs is 1. The zero-order chi connectivity index (χ0) is 26.1. The summed E-state index contributed by atoms with van der Waals surface area (Å²) in [5, 5.41) is 11.7. The number of aliphatic hydroxyl groups excluding tert-OH is 1. The molecule has 0 saturated carbocycles. The highest BCUT2D eigenvalue weighted by Gasteiger charge is 2.48. The van der Waals surface area contributed by atoms with Gasteiger partial charge in [0.25, 0.3) is 5.78 Å². The smallest absolute Gasteiger partial charge is 0.301 e. The fourth-order valence-electron chi connectivity index (χ4n) is 4.30. The SMILES string of the molecule is C=CCOc1cccc([C@H]2C(=C(O)c3ccc(OC)cc3)C(=O)C(=O)N2c2nc3ccc(C)cc3s2)c1. The molecular formula is C29H24N2O5S. The number of aromatic nitrogens is 1. The molecule has 8 heteroatoms. The quantitative estimate of drug-likeness (QED) is 0.146. The van der Waals surface area contributed by atoms with Gasteiger partial charge in [0.1, 0.15) is 23.9 Å². The van der Waals surface area contributed by atoms with E-state index >= 15 is 0 Å². The number of carbonyl (C=O) groups is 2. The first-order valence-electron chi connectivity index (χ1n) is 11.6. The number of hydrogen-bond donors (Lipinski definition) is 1. The topological polar surface area (TPSA) is 89.0 Å². The first-order chi connectivity index (χ1) is 17.9. The van der Waals surface area contributed by atoms with E-state index in [2.05, 4.69) is 11.6 Å². The number of rotatable bonds is 7. The summed E-state index contributed by atoms with van der Waals surface area (Å²) in [6, 6.07) is 18.7. The van der Waals surface area contributed by atoms with Crippen LogP contribution in [0.2, 0.25) is 0 Å². The summed E-state index contributed by atoms with van der Waals surface area (Å²) >= 11 is 1.32. The minimum Gasteiger partial charge on any atom is -0.507 e. The lowest BCUT2D eigenvalue weighted by Gasteiger charge is -2.23. The molecule has 3 aromatic carbocycles. The van der Waals surface area contributed by atoms with E-state index in [1.165, 1.54) is 16.2 Å². The normalized spacial score (nSPS) is 16.8. The molecule has 7 nitrogen and oxygen atoms in total. The molecule has 1 saturated heterocycles. The highest BCUT2D eigenvalue weighted by Crippen LogP contribution is 2.45. The molecule has 186 valence electrons. The molecule has 0 unspecified atom stereocenters. The molecule has 5 rings (SSSR count). The molecule has 1 aliphatic heterocycles. The van der Waals surface area contributed by atoms with Gasteiger partial charge >= 0.3 is 5.91 Å². The Morgan fingerprint density at radius 3 is 2.62 bits per heavy atom. The number of aryl methyl sites for hydroxylation is 1. The first-order valence-corrected chi connectivity index (χ1v) is 12.4. The van der Waals surface area contributed by atoms with Crippen molar-refractivity contribution in [2.24, 2.45) is 0 Å². The Kier molecular flexibility index (Phi) is 6.50. The number of anilines is 1. The predicted octanol–water partition coefficient (Wildman–Crippen LogP) is 5.80. The Labute approximate surface area is 217 Å². The molecule has 0 aliphatic carbocycles. The van der Waals surface area contributed by atoms with Crippen molar-refractivity contribution in [1.29, 1.82) is 0 Å². The number of aliphatic hydroxyl groups is 1. The van der Waals surface area contributed by atoms with Gasteiger partial charge in [-0.15, -0.1) is 0 Å². The van der Waals surface area contributed by atoms with Gasteiger partial charge in [0.2, 0.25) is 0 Å². The van der Waals surface area contributed by atoms with Gasteiger partial charge in [0.05, 0.1) is 28.9 Å². The lowest BCUT2D eigenvalue weighted by Crippen LogP contribution is -2.29. The third kappa shape index (κ3) is 4.47. The molecule has 1 atom stereocenters. The Balaban J connectivity index is 1.70. The van der Waals surface area contributed by atoms with Crippen LogP contribution in [0.25, 0.3) is 16.0 Å². The number of ketones is 1. The van der Waals surface area contributed by atoms with Crippen molar-refractivity contribution >= 4 is 44.1 Å². The van der Waals surface area contributed by atoms with E-state index in [0.717, 1.165) is 15.8 Å². The van der Waals surface area contributed by atoms with Crippen LogP contribution in [0.3, 0.4) is 0 Å². The number of amides is 1.